The maximum atomic E-state index is 13.5. The van der Waals surface area contributed by atoms with Crippen LogP contribution in [0, 0.1) is 5.82 Å². The van der Waals surface area contributed by atoms with Crippen molar-refractivity contribution in [3.63, 3.8) is 0 Å². The molecule has 2 heterocycles. The quantitative estimate of drug-likeness (QED) is 0.772. The molecule has 0 bridgehead atoms. The number of carbonyl (C=O) groups excluding carboxylic acids is 1. The van der Waals surface area contributed by atoms with E-state index in [9.17, 15) is 14.0 Å². The van der Waals surface area contributed by atoms with Crippen molar-refractivity contribution >= 4 is 11.7 Å². The topological polar surface area (TPSA) is 81.4 Å². The lowest BCUT2D eigenvalue weighted by atomic mass is 10.2. The fraction of sp³-hybridized carbons (Fsp3) is 0.0556. The van der Waals surface area contributed by atoms with Crippen molar-refractivity contribution in [1.29, 1.82) is 0 Å². The zero-order valence-corrected chi connectivity index (χ0v) is 12.9. The molecule has 0 aliphatic heterocycles. The van der Waals surface area contributed by atoms with Crippen LogP contribution in [0.4, 0.5) is 10.2 Å². The number of pyridine rings is 1. The third-order valence-electron chi connectivity index (χ3n) is 3.27. The number of amides is 1. The number of nitrogens with one attached hydrogen (secondary N) is 1. The molecule has 0 saturated carbocycles. The molecule has 7 heteroatoms. The molecule has 1 aromatic carbocycles. The van der Waals surface area contributed by atoms with Gasteiger partial charge in [0.25, 0.3) is 5.91 Å². The zero-order valence-electron chi connectivity index (χ0n) is 12.9. The molecular weight excluding hydrogens is 327 g/mol. The summed E-state index contributed by atoms with van der Waals surface area (Å²) in [5.74, 6) is -1.02. The summed E-state index contributed by atoms with van der Waals surface area (Å²) in [7, 11) is 0. The smallest absolute Gasteiger partial charge is 0.292 e. The molecule has 0 spiro atoms. The van der Waals surface area contributed by atoms with Crippen LogP contribution in [0.2, 0.25) is 0 Å². The number of anilines is 1. The molecule has 0 fully saturated rings. The highest BCUT2D eigenvalue weighted by atomic mass is 19.1. The van der Waals surface area contributed by atoms with E-state index in [0.717, 1.165) is 12.3 Å². The monoisotopic (exact) mass is 340 g/mol. The lowest BCUT2D eigenvalue weighted by molar-refractivity contribution is 0.0993. The number of rotatable bonds is 5. The van der Waals surface area contributed by atoms with Gasteiger partial charge in [-0.15, -0.1) is 0 Å². The van der Waals surface area contributed by atoms with Gasteiger partial charge in [-0.1, -0.05) is 24.3 Å². The van der Waals surface area contributed by atoms with Gasteiger partial charge in [0, 0.05) is 17.8 Å². The van der Waals surface area contributed by atoms with Gasteiger partial charge < -0.3 is 14.5 Å². The lowest BCUT2D eigenvalue weighted by Crippen LogP contribution is -2.16. The van der Waals surface area contributed by atoms with Crippen LogP contribution in [0.1, 0.15) is 16.1 Å². The van der Waals surface area contributed by atoms with Gasteiger partial charge in [-0.3, -0.25) is 9.59 Å². The summed E-state index contributed by atoms with van der Waals surface area (Å²) in [4.78, 5) is 28.0. The Labute approximate surface area is 141 Å². The number of hydrogen-bond donors (Lipinski definition) is 1. The van der Waals surface area contributed by atoms with E-state index in [0.29, 0.717) is 11.4 Å². The van der Waals surface area contributed by atoms with Crippen molar-refractivity contribution in [2.75, 3.05) is 5.32 Å². The maximum Gasteiger partial charge on any atom is 0.292 e. The first-order valence-corrected chi connectivity index (χ1v) is 7.35. The van der Waals surface area contributed by atoms with Crippen molar-refractivity contribution < 1.29 is 18.3 Å². The molecule has 126 valence electrons. The standard InChI is InChI=1S/C18H13FN2O4/c19-13-6-2-1-5-12(13)10-24-16-11-25-15(9-14(16)22)18(23)21-17-7-3-4-8-20-17/h1-9,11H,10H2,(H,20,21,23). The van der Waals surface area contributed by atoms with Crippen molar-refractivity contribution in [2.45, 2.75) is 6.61 Å². The van der Waals surface area contributed by atoms with Gasteiger partial charge >= 0.3 is 0 Å². The number of benzene rings is 1. The Bertz CT molecular complexity index is 941. The maximum absolute atomic E-state index is 13.5. The molecule has 25 heavy (non-hydrogen) atoms. The number of nitrogens with zero attached hydrogens (tertiary/aromatic N) is 1. The molecule has 0 saturated heterocycles. The van der Waals surface area contributed by atoms with Gasteiger partial charge in [0.1, 0.15) is 24.5 Å². The highest BCUT2D eigenvalue weighted by Gasteiger charge is 2.13. The van der Waals surface area contributed by atoms with Crippen molar-refractivity contribution in [3.05, 3.63) is 88.4 Å². The third-order valence-corrected chi connectivity index (χ3v) is 3.27. The number of hydrogen-bond acceptors (Lipinski definition) is 5. The molecule has 1 N–H and O–H groups in total. The van der Waals surface area contributed by atoms with Gasteiger partial charge in [-0.2, -0.15) is 0 Å². The van der Waals surface area contributed by atoms with Crippen molar-refractivity contribution in [2.24, 2.45) is 0 Å². The first-order valence-electron chi connectivity index (χ1n) is 7.35. The van der Waals surface area contributed by atoms with Crippen LogP contribution in [-0.2, 0) is 6.61 Å². The molecular formula is C18H13FN2O4. The van der Waals surface area contributed by atoms with E-state index >= 15 is 0 Å². The molecule has 2 aromatic heterocycles. The lowest BCUT2D eigenvalue weighted by Gasteiger charge is -2.07. The zero-order chi connectivity index (χ0) is 17.6. The average molecular weight is 340 g/mol. The molecule has 6 nitrogen and oxygen atoms in total. The minimum Gasteiger partial charge on any atom is -0.482 e. The highest BCUT2D eigenvalue weighted by Crippen LogP contribution is 2.12. The summed E-state index contributed by atoms with van der Waals surface area (Å²) in [5, 5.41) is 2.50. The van der Waals surface area contributed by atoms with Crippen LogP contribution >= 0.6 is 0 Å². The molecule has 0 radical (unpaired) electrons. The Morgan fingerprint density at radius 3 is 2.72 bits per heavy atom. The summed E-state index contributed by atoms with van der Waals surface area (Å²) in [6.45, 7) is -0.128. The Hall–Kier alpha value is -3.48. The van der Waals surface area contributed by atoms with Crippen LogP contribution < -0.4 is 15.5 Å². The molecule has 0 aliphatic rings. The van der Waals surface area contributed by atoms with Crippen LogP contribution in [0.5, 0.6) is 5.75 Å². The summed E-state index contributed by atoms with van der Waals surface area (Å²) in [6.07, 6.45) is 2.54. The molecule has 3 rings (SSSR count). The van der Waals surface area contributed by atoms with Crippen LogP contribution in [-0.4, -0.2) is 10.9 Å². The number of aromatic nitrogens is 1. The SMILES string of the molecule is O=C(Nc1ccccn1)c1cc(=O)c(OCc2ccccc2F)co1. The summed E-state index contributed by atoms with van der Waals surface area (Å²) in [5.41, 5.74) is -0.243. The Morgan fingerprint density at radius 1 is 1.20 bits per heavy atom. The highest BCUT2D eigenvalue weighted by molar-refractivity contribution is 6.01. The Balaban J connectivity index is 1.69. The van der Waals surface area contributed by atoms with Crippen LogP contribution in [0.3, 0.4) is 0 Å². The molecule has 0 atom stereocenters. The van der Waals surface area contributed by atoms with Gasteiger partial charge in [0.15, 0.2) is 5.76 Å². The van der Waals surface area contributed by atoms with Gasteiger partial charge in [-0.05, 0) is 18.2 Å². The number of ether oxygens (including phenoxy) is 1. The van der Waals surface area contributed by atoms with Crippen LogP contribution in [0.15, 0.2) is 70.2 Å². The normalized spacial score (nSPS) is 10.3. The largest absolute Gasteiger partial charge is 0.482 e. The first kappa shape index (κ1) is 16.4. The van der Waals surface area contributed by atoms with Gasteiger partial charge in [-0.25, -0.2) is 9.37 Å². The average Bonchev–Trinajstić information content (AvgIpc) is 2.62. The molecule has 1 amide bonds. The second kappa shape index (κ2) is 7.39. The second-order valence-electron chi connectivity index (χ2n) is 5.02. The molecule has 0 aliphatic carbocycles. The third kappa shape index (κ3) is 4.08. The fourth-order valence-electron chi connectivity index (χ4n) is 2.01. The Kier molecular flexibility index (Phi) is 4.84. The van der Waals surface area contributed by atoms with Crippen molar-refractivity contribution in [3.8, 4) is 5.75 Å². The predicted octanol–water partition coefficient (Wildman–Crippen LogP) is 3.01. The van der Waals surface area contributed by atoms with Gasteiger partial charge in [0.2, 0.25) is 11.2 Å². The minimum atomic E-state index is -0.614. The summed E-state index contributed by atoms with van der Waals surface area (Å²) < 4.78 is 23.9. The molecule has 0 unspecified atom stereocenters. The summed E-state index contributed by atoms with van der Waals surface area (Å²) in [6, 6.07) is 12.1. The van der Waals surface area contributed by atoms with Crippen molar-refractivity contribution in [1.82, 2.24) is 4.98 Å². The first-order chi connectivity index (χ1) is 12.1. The van der Waals surface area contributed by atoms with E-state index in [1.54, 1.807) is 36.4 Å². The van der Waals surface area contributed by atoms with E-state index < -0.39 is 17.2 Å². The molecule has 3 aromatic rings. The second-order valence-corrected chi connectivity index (χ2v) is 5.02. The fourth-order valence-corrected chi connectivity index (χ4v) is 2.01. The minimum absolute atomic E-state index is 0.113. The number of carbonyl (C=O) groups is 1. The Morgan fingerprint density at radius 2 is 2.00 bits per heavy atom. The van der Waals surface area contributed by atoms with E-state index in [1.165, 1.54) is 12.3 Å². The van der Waals surface area contributed by atoms with E-state index in [1.807, 2.05) is 0 Å². The van der Waals surface area contributed by atoms with Crippen LogP contribution in [0.25, 0.3) is 0 Å². The predicted molar refractivity (Wildman–Crippen MR) is 87.9 cm³/mol. The van der Waals surface area contributed by atoms with Gasteiger partial charge in [0.05, 0.1) is 0 Å². The summed E-state index contributed by atoms with van der Waals surface area (Å²) >= 11 is 0. The number of halogens is 1. The van der Waals surface area contributed by atoms with E-state index in [4.69, 9.17) is 9.15 Å². The van der Waals surface area contributed by atoms with E-state index in [-0.39, 0.29) is 18.1 Å². The van der Waals surface area contributed by atoms with E-state index in [2.05, 4.69) is 10.3 Å².